The van der Waals surface area contributed by atoms with Crippen LogP contribution in [0.15, 0.2) is 30.7 Å². The molecule has 0 atom stereocenters. The van der Waals surface area contributed by atoms with E-state index in [1.807, 2.05) is 4.90 Å². The molecule has 0 N–H and O–H groups in total. The molecule has 0 saturated carbocycles. The van der Waals surface area contributed by atoms with Crippen LogP contribution in [-0.2, 0) is 0 Å². The first-order valence-corrected chi connectivity index (χ1v) is 7.94. The number of pyridine rings is 1. The van der Waals surface area contributed by atoms with Crippen LogP contribution in [0.4, 0.5) is 5.95 Å². The molecule has 8 nitrogen and oxygen atoms in total. The fraction of sp³-hybridized carbons (Fsp3) is 0.286. The van der Waals surface area contributed by atoms with E-state index in [0.717, 1.165) is 11.7 Å². The van der Waals surface area contributed by atoms with Gasteiger partial charge in [0.1, 0.15) is 5.52 Å². The molecule has 116 valence electrons. The van der Waals surface area contributed by atoms with Gasteiger partial charge in [-0.05, 0) is 12.1 Å². The van der Waals surface area contributed by atoms with Crippen LogP contribution in [0.3, 0.4) is 0 Å². The van der Waals surface area contributed by atoms with Crippen LogP contribution in [0.25, 0.3) is 11.2 Å². The average molecular weight is 327 g/mol. The SMILES string of the molecule is O=C(c1cnc2nsnc2c1)N1CCN(c2ncccn2)CC1. The molecule has 23 heavy (non-hydrogen) atoms. The molecule has 3 aromatic heterocycles. The molecular weight excluding hydrogens is 314 g/mol. The molecule has 4 rings (SSSR count). The lowest BCUT2D eigenvalue weighted by molar-refractivity contribution is 0.0746. The van der Waals surface area contributed by atoms with Gasteiger partial charge in [-0.2, -0.15) is 8.75 Å². The Hall–Kier alpha value is -2.68. The lowest BCUT2D eigenvalue weighted by Gasteiger charge is -2.34. The summed E-state index contributed by atoms with van der Waals surface area (Å²) in [6.45, 7) is 2.68. The van der Waals surface area contributed by atoms with Crippen molar-refractivity contribution in [1.29, 1.82) is 0 Å². The fourth-order valence-electron chi connectivity index (χ4n) is 2.55. The van der Waals surface area contributed by atoms with E-state index < -0.39 is 0 Å². The highest BCUT2D eigenvalue weighted by atomic mass is 32.1. The maximum Gasteiger partial charge on any atom is 0.255 e. The van der Waals surface area contributed by atoms with Crippen LogP contribution < -0.4 is 4.90 Å². The molecule has 1 fully saturated rings. The first-order valence-electron chi connectivity index (χ1n) is 7.21. The molecule has 1 saturated heterocycles. The van der Waals surface area contributed by atoms with Crippen LogP contribution in [0, 0.1) is 0 Å². The number of piperazine rings is 1. The van der Waals surface area contributed by atoms with Crippen molar-refractivity contribution >= 4 is 34.7 Å². The van der Waals surface area contributed by atoms with Gasteiger partial charge >= 0.3 is 0 Å². The van der Waals surface area contributed by atoms with Gasteiger partial charge in [-0.1, -0.05) is 0 Å². The van der Waals surface area contributed by atoms with E-state index in [-0.39, 0.29) is 5.91 Å². The molecule has 0 aliphatic carbocycles. The second kappa shape index (κ2) is 5.84. The monoisotopic (exact) mass is 327 g/mol. The number of carbonyl (C=O) groups excluding carboxylic acids is 1. The van der Waals surface area contributed by atoms with E-state index >= 15 is 0 Å². The van der Waals surface area contributed by atoms with Gasteiger partial charge in [-0.15, -0.1) is 0 Å². The summed E-state index contributed by atoms with van der Waals surface area (Å²) < 4.78 is 8.18. The Balaban J connectivity index is 1.46. The van der Waals surface area contributed by atoms with Crippen molar-refractivity contribution in [1.82, 2.24) is 28.6 Å². The van der Waals surface area contributed by atoms with Gasteiger partial charge in [0.2, 0.25) is 5.95 Å². The first kappa shape index (κ1) is 13.9. The normalized spacial score (nSPS) is 15.1. The first-order chi connectivity index (χ1) is 11.3. The van der Waals surface area contributed by atoms with E-state index in [2.05, 4.69) is 28.6 Å². The fourth-order valence-corrected chi connectivity index (χ4v) is 3.03. The smallest absolute Gasteiger partial charge is 0.255 e. The van der Waals surface area contributed by atoms with Crippen molar-refractivity contribution < 1.29 is 4.79 Å². The summed E-state index contributed by atoms with van der Waals surface area (Å²) in [5, 5.41) is 0. The molecule has 1 aliphatic rings. The Morgan fingerprint density at radius 2 is 1.83 bits per heavy atom. The van der Waals surface area contributed by atoms with Gasteiger partial charge in [0.05, 0.1) is 17.3 Å². The zero-order chi connectivity index (χ0) is 15.6. The number of nitrogens with zero attached hydrogens (tertiary/aromatic N) is 7. The zero-order valence-corrected chi connectivity index (χ0v) is 13.0. The number of aromatic nitrogens is 5. The quantitative estimate of drug-likeness (QED) is 0.689. The van der Waals surface area contributed by atoms with Crippen molar-refractivity contribution in [3.8, 4) is 0 Å². The van der Waals surface area contributed by atoms with Crippen molar-refractivity contribution in [2.45, 2.75) is 0 Å². The second-order valence-corrected chi connectivity index (χ2v) is 5.69. The minimum absolute atomic E-state index is 0.0268. The molecular formula is C14H13N7OS. The Morgan fingerprint density at radius 3 is 2.61 bits per heavy atom. The lowest BCUT2D eigenvalue weighted by atomic mass is 10.2. The van der Waals surface area contributed by atoms with Crippen LogP contribution in [-0.4, -0.2) is 60.7 Å². The Bertz CT molecular complexity index is 829. The molecule has 0 spiro atoms. The number of carbonyl (C=O) groups is 1. The molecule has 0 radical (unpaired) electrons. The molecule has 0 unspecified atom stereocenters. The molecule has 0 bridgehead atoms. The number of fused-ring (bicyclic) bond motifs is 1. The Morgan fingerprint density at radius 1 is 1.04 bits per heavy atom. The Labute approximate surface area is 136 Å². The van der Waals surface area contributed by atoms with Gasteiger partial charge in [0, 0.05) is 44.8 Å². The summed E-state index contributed by atoms with van der Waals surface area (Å²) in [6.07, 6.45) is 5.02. The van der Waals surface area contributed by atoms with Crippen molar-refractivity contribution in [2.75, 3.05) is 31.1 Å². The highest BCUT2D eigenvalue weighted by Gasteiger charge is 2.23. The largest absolute Gasteiger partial charge is 0.337 e. The van der Waals surface area contributed by atoms with Gasteiger partial charge < -0.3 is 9.80 Å². The molecule has 9 heteroatoms. The molecule has 3 aromatic rings. The zero-order valence-electron chi connectivity index (χ0n) is 12.2. The standard InChI is InChI=1S/C14H13N7OS/c22-13(10-8-11-12(17-9-10)19-23-18-11)20-4-6-21(7-5-20)14-15-2-1-3-16-14/h1-3,8-9H,4-7H2. The predicted molar refractivity (Wildman–Crippen MR) is 85.4 cm³/mol. The van der Waals surface area contributed by atoms with Crippen LogP contribution in [0.5, 0.6) is 0 Å². The highest BCUT2D eigenvalue weighted by molar-refractivity contribution is 7.00. The summed E-state index contributed by atoms with van der Waals surface area (Å²) in [6, 6.07) is 3.54. The van der Waals surface area contributed by atoms with Crippen LogP contribution >= 0.6 is 11.7 Å². The second-order valence-electron chi connectivity index (χ2n) is 5.16. The maximum atomic E-state index is 12.6. The number of hydrogen-bond acceptors (Lipinski definition) is 8. The van der Waals surface area contributed by atoms with Gasteiger partial charge in [0.25, 0.3) is 5.91 Å². The molecule has 1 amide bonds. The topological polar surface area (TPSA) is 88.0 Å². The minimum atomic E-state index is -0.0268. The van der Waals surface area contributed by atoms with Crippen molar-refractivity contribution in [3.05, 3.63) is 36.3 Å². The lowest BCUT2D eigenvalue weighted by Crippen LogP contribution is -2.49. The maximum absolute atomic E-state index is 12.6. The third kappa shape index (κ3) is 2.70. The average Bonchev–Trinajstić information content (AvgIpc) is 3.10. The van der Waals surface area contributed by atoms with Crippen molar-refractivity contribution in [2.24, 2.45) is 0 Å². The Kier molecular flexibility index (Phi) is 3.54. The highest BCUT2D eigenvalue weighted by Crippen LogP contribution is 2.15. The van der Waals surface area contributed by atoms with E-state index in [0.29, 0.717) is 48.9 Å². The van der Waals surface area contributed by atoms with Crippen LogP contribution in [0.2, 0.25) is 0 Å². The summed E-state index contributed by atoms with van der Waals surface area (Å²) in [4.78, 5) is 29.2. The number of anilines is 1. The van der Waals surface area contributed by atoms with Gasteiger partial charge in [-0.3, -0.25) is 4.79 Å². The van der Waals surface area contributed by atoms with E-state index in [9.17, 15) is 4.79 Å². The summed E-state index contributed by atoms with van der Waals surface area (Å²) in [5.41, 5.74) is 1.80. The summed E-state index contributed by atoms with van der Waals surface area (Å²) >= 11 is 1.10. The van der Waals surface area contributed by atoms with Gasteiger partial charge in [0.15, 0.2) is 5.65 Å². The predicted octanol–water partition coefficient (Wildman–Crippen LogP) is 0.839. The minimum Gasteiger partial charge on any atom is -0.337 e. The van der Waals surface area contributed by atoms with E-state index in [1.165, 1.54) is 0 Å². The third-order valence-corrected chi connectivity index (χ3v) is 4.30. The number of hydrogen-bond donors (Lipinski definition) is 0. The van der Waals surface area contributed by atoms with Crippen LogP contribution in [0.1, 0.15) is 10.4 Å². The van der Waals surface area contributed by atoms with E-state index in [1.54, 1.807) is 30.7 Å². The molecule has 1 aliphatic heterocycles. The van der Waals surface area contributed by atoms with Gasteiger partial charge in [-0.25, -0.2) is 15.0 Å². The van der Waals surface area contributed by atoms with Crippen molar-refractivity contribution in [3.63, 3.8) is 0 Å². The third-order valence-electron chi connectivity index (χ3n) is 3.76. The molecule has 0 aromatic carbocycles. The molecule has 4 heterocycles. The number of amides is 1. The summed E-state index contributed by atoms with van der Waals surface area (Å²) in [5.74, 6) is 0.678. The van der Waals surface area contributed by atoms with E-state index in [4.69, 9.17) is 0 Å². The summed E-state index contributed by atoms with van der Waals surface area (Å²) in [7, 11) is 0. The number of rotatable bonds is 2.